The first-order chi connectivity index (χ1) is 9.15. The second-order valence-corrected chi connectivity index (χ2v) is 6.48. The van der Waals surface area contributed by atoms with E-state index >= 15 is 0 Å². The van der Waals surface area contributed by atoms with Crippen LogP contribution in [0, 0.1) is 19.3 Å². The number of rotatable bonds is 5. The Morgan fingerprint density at radius 2 is 1.84 bits per heavy atom. The lowest BCUT2D eigenvalue weighted by molar-refractivity contribution is 0.212. The predicted octanol–water partition coefficient (Wildman–Crippen LogP) is 4.58. The van der Waals surface area contributed by atoms with Gasteiger partial charge in [0.25, 0.3) is 0 Å². The van der Waals surface area contributed by atoms with Crippen molar-refractivity contribution in [3.05, 3.63) is 34.9 Å². The fourth-order valence-corrected chi connectivity index (χ4v) is 3.41. The molecular formula is C17H26ClN. The van der Waals surface area contributed by atoms with E-state index in [1.54, 1.807) is 0 Å². The standard InChI is InChI=1S/C17H26ClN/c1-14-6-7-16(10-15(14)2)11-19-13-17(12-18)8-4-3-5-9-17/h6-7,10,19H,3-5,8-9,11-13H2,1-2H3. The Morgan fingerprint density at radius 3 is 2.47 bits per heavy atom. The lowest BCUT2D eigenvalue weighted by Gasteiger charge is -2.35. The van der Waals surface area contributed by atoms with Gasteiger partial charge in [-0.1, -0.05) is 37.5 Å². The maximum absolute atomic E-state index is 6.22. The molecule has 1 saturated carbocycles. The van der Waals surface area contributed by atoms with E-state index in [4.69, 9.17) is 11.6 Å². The lowest BCUT2D eigenvalue weighted by atomic mass is 9.75. The molecule has 1 aliphatic carbocycles. The minimum atomic E-state index is 0.347. The van der Waals surface area contributed by atoms with Crippen LogP contribution in [0.25, 0.3) is 0 Å². The molecule has 1 N–H and O–H groups in total. The van der Waals surface area contributed by atoms with Gasteiger partial charge in [-0.3, -0.25) is 0 Å². The molecule has 19 heavy (non-hydrogen) atoms. The van der Waals surface area contributed by atoms with Gasteiger partial charge in [-0.25, -0.2) is 0 Å². The summed E-state index contributed by atoms with van der Waals surface area (Å²) in [7, 11) is 0. The molecule has 1 aromatic rings. The molecule has 2 heteroatoms. The molecule has 0 aromatic heterocycles. The quantitative estimate of drug-likeness (QED) is 0.778. The van der Waals surface area contributed by atoms with Crippen molar-refractivity contribution in [2.75, 3.05) is 12.4 Å². The molecule has 0 atom stereocenters. The van der Waals surface area contributed by atoms with Crippen LogP contribution < -0.4 is 5.32 Å². The van der Waals surface area contributed by atoms with Gasteiger partial charge in [-0.2, -0.15) is 0 Å². The molecule has 0 unspecified atom stereocenters. The average Bonchev–Trinajstić information content (AvgIpc) is 2.44. The highest BCUT2D eigenvalue weighted by Gasteiger charge is 2.30. The van der Waals surface area contributed by atoms with E-state index in [1.807, 2.05) is 0 Å². The zero-order valence-corrected chi connectivity index (χ0v) is 13.0. The average molecular weight is 280 g/mol. The van der Waals surface area contributed by atoms with Crippen molar-refractivity contribution in [2.45, 2.75) is 52.5 Å². The van der Waals surface area contributed by atoms with Gasteiger partial charge in [0.05, 0.1) is 0 Å². The van der Waals surface area contributed by atoms with Crippen molar-refractivity contribution < 1.29 is 0 Å². The van der Waals surface area contributed by atoms with E-state index in [2.05, 4.69) is 37.4 Å². The summed E-state index contributed by atoms with van der Waals surface area (Å²) < 4.78 is 0. The van der Waals surface area contributed by atoms with Gasteiger partial charge in [0.15, 0.2) is 0 Å². The summed E-state index contributed by atoms with van der Waals surface area (Å²) in [4.78, 5) is 0. The Labute approximate surface area is 122 Å². The molecule has 0 bridgehead atoms. The second-order valence-electron chi connectivity index (χ2n) is 6.22. The fourth-order valence-electron chi connectivity index (χ4n) is 3.04. The van der Waals surface area contributed by atoms with Crippen molar-refractivity contribution in [3.63, 3.8) is 0 Å². The van der Waals surface area contributed by atoms with E-state index in [9.17, 15) is 0 Å². The second kappa shape index (κ2) is 6.76. The van der Waals surface area contributed by atoms with Crippen LogP contribution in [0.3, 0.4) is 0 Å². The first-order valence-electron chi connectivity index (χ1n) is 7.48. The molecule has 1 aromatic carbocycles. The minimum absolute atomic E-state index is 0.347. The van der Waals surface area contributed by atoms with Crippen molar-refractivity contribution >= 4 is 11.6 Å². The number of aryl methyl sites for hydroxylation is 2. The van der Waals surface area contributed by atoms with Crippen molar-refractivity contribution in [3.8, 4) is 0 Å². The minimum Gasteiger partial charge on any atom is -0.312 e. The third kappa shape index (κ3) is 3.97. The van der Waals surface area contributed by atoms with E-state index in [0.717, 1.165) is 19.0 Å². The molecule has 0 saturated heterocycles. The Hall–Kier alpha value is -0.530. The molecular weight excluding hydrogens is 254 g/mol. The van der Waals surface area contributed by atoms with Crippen LogP contribution in [0.4, 0.5) is 0 Å². The molecule has 106 valence electrons. The van der Waals surface area contributed by atoms with Gasteiger partial charge in [0.2, 0.25) is 0 Å². The summed E-state index contributed by atoms with van der Waals surface area (Å²) in [6, 6.07) is 6.73. The lowest BCUT2D eigenvalue weighted by Crippen LogP contribution is -2.37. The Bertz CT molecular complexity index is 408. The summed E-state index contributed by atoms with van der Waals surface area (Å²) in [6.45, 7) is 6.36. The number of halogens is 1. The molecule has 1 nitrogen and oxygen atoms in total. The van der Waals surface area contributed by atoms with Crippen LogP contribution in [-0.4, -0.2) is 12.4 Å². The SMILES string of the molecule is Cc1ccc(CNCC2(CCl)CCCCC2)cc1C. The van der Waals surface area contributed by atoms with E-state index in [-0.39, 0.29) is 0 Å². The van der Waals surface area contributed by atoms with E-state index in [0.29, 0.717) is 5.41 Å². The summed E-state index contributed by atoms with van der Waals surface area (Å²) in [6.07, 6.45) is 6.65. The highest BCUT2D eigenvalue weighted by molar-refractivity contribution is 6.18. The molecule has 0 heterocycles. The molecule has 0 radical (unpaired) electrons. The maximum atomic E-state index is 6.22. The van der Waals surface area contributed by atoms with Crippen LogP contribution in [0.2, 0.25) is 0 Å². The summed E-state index contributed by atoms with van der Waals surface area (Å²) in [5, 5.41) is 3.63. The Kier molecular flexibility index (Phi) is 5.29. The largest absolute Gasteiger partial charge is 0.312 e. The van der Waals surface area contributed by atoms with Crippen LogP contribution in [0.15, 0.2) is 18.2 Å². The highest BCUT2D eigenvalue weighted by atomic mass is 35.5. The number of alkyl halides is 1. The third-order valence-corrected chi connectivity index (χ3v) is 5.17. The van der Waals surface area contributed by atoms with Crippen molar-refractivity contribution in [2.24, 2.45) is 5.41 Å². The number of benzene rings is 1. The zero-order valence-electron chi connectivity index (χ0n) is 12.3. The van der Waals surface area contributed by atoms with Gasteiger partial charge in [0, 0.05) is 19.0 Å². The van der Waals surface area contributed by atoms with Crippen LogP contribution in [0.1, 0.15) is 48.8 Å². The molecule has 1 fully saturated rings. The van der Waals surface area contributed by atoms with Gasteiger partial charge in [-0.05, 0) is 48.8 Å². The van der Waals surface area contributed by atoms with Gasteiger partial charge < -0.3 is 5.32 Å². The fraction of sp³-hybridized carbons (Fsp3) is 0.647. The van der Waals surface area contributed by atoms with E-state index < -0.39 is 0 Å². The summed E-state index contributed by atoms with van der Waals surface area (Å²) >= 11 is 6.22. The smallest absolute Gasteiger partial charge is 0.0292 e. The Balaban J connectivity index is 1.86. The van der Waals surface area contributed by atoms with Crippen LogP contribution >= 0.6 is 11.6 Å². The zero-order chi connectivity index (χ0) is 13.7. The van der Waals surface area contributed by atoms with E-state index in [1.165, 1.54) is 48.8 Å². The third-order valence-electron chi connectivity index (χ3n) is 4.60. The molecule has 1 aliphatic rings. The maximum Gasteiger partial charge on any atom is 0.0292 e. The highest BCUT2D eigenvalue weighted by Crippen LogP contribution is 2.36. The number of nitrogens with one attached hydrogen (secondary N) is 1. The number of hydrogen-bond acceptors (Lipinski definition) is 1. The topological polar surface area (TPSA) is 12.0 Å². The first-order valence-corrected chi connectivity index (χ1v) is 8.01. The van der Waals surface area contributed by atoms with Gasteiger partial charge >= 0.3 is 0 Å². The Morgan fingerprint density at radius 1 is 1.11 bits per heavy atom. The number of hydrogen-bond donors (Lipinski definition) is 1. The molecule has 0 amide bonds. The normalized spacial score (nSPS) is 18.5. The monoisotopic (exact) mass is 279 g/mol. The van der Waals surface area contributed by atoms with Gasteiger partial charge in [0.1, 0.15) is 0 Å². The summed E-state index contributed by atoms with van der Waals surface area (Å²) in [5.41, 5.74) is 4.47. The predicted molar refractivity (Wildman–Crippen MR) is 83.9 cm³/mol. The summed E-state index contributed by atoms with van der Waals surface area (Å²) in [5.74, 6) is 0.799. The first kappa shape index (κ1) is 14.9. The van der Waals surface area contributed by atoms with Gasteiger partial charge in [-0.15, -0.1) is 11.6 Å². The van der Waals surface area contributed by atoms with Crippen LogP contribution in [-0.2, 0) is 6.54 Å². The molecule has 0 spiro atoms. The van der Waals surface area contributed by atoms with Crippen LogP contribution in [0.5, 0.6) is 0 Å². The van der Waals surface area contributed by atoms with Crippen molar-refractivity contribution in [1.29, 1.82) is 0 Å². The van der Waals surface area contributed by atoms with Crippen molar-refractivity contribution in [1.82, 2.24) is 5.32 Å². The molecule has 0 aliphatic heterocycles. The molecule has 2 rings (SSSR count).